The van der Waals surface area contributed by atoms with E-state index in [9.17, 15) is 9.59 Å². The quantitative estimate of drug-likeness (QED) is 0.213. The molecule has 2 aromatic carbocycles. The maximum atomic E-state index is 13.6. The molecule has 1 saturated heterocycles. The van der Waals surface area contributed by atoms with E-state index < -0.39 is 5.41 Å². The molecule has 1 unspecified atom stereocenters. The number of hydrogen-bond donors (Lipinski definition) is 1. The van der Waals surface area contributed by atoms with Crippen molar-refractivity contribution in [1.82, 2.24) is 20.1 Å². The van der Waals surface area contributed by atoms with Crippen molar-refractivity contribution >= 4 is 28.3 Å². The molecule has 2 amide bonds. The summed E-state index contributed by atoms with van der Waals surface area (Å²) in [5.74, 6) is 0.392. The Kier molecular flexibility index (Phi) is 14.9. The molecule has 10 nitrogen and oxygen atoms in total. The summed E-state index contributed by atoms with van der Waals surface area (Å²) < 4.78 is 11.6. The highest BCUT2D eigenvalue weighted by Gasteiger charge is 2.44. The fourth-order valence-electron chi connectivity index (χ4n) is 5.22. The minimum Gasteiger partial charge on any atom is -0.438 e. The van der Waals surface area contributed by atoms with Crippen molar-refractivity contribution in [2.24, 2.45) is 5.41 Å². The first-order chi connectivity index (χ1) is 23.8. The molecular weight excluding hydrogens is 637 g/mol. The number of fused-ring (bicyclic) bond motifs is 2. The molecule has 1 N–H and O–H groups in total. The zero-order chi connectivity index (χ0) is 36.0. The highest BCUT2D eigenvalue weighted by molar-refractivity contribution is 7.15. The minimum absolute atomic E-state index is 0.0149. The topological polar surface area (TPSA) is 130 Å². The second-order valence-electron chi connectivity index (χ2n) is 11.3. The van der Waals surface area contributed by atoms with Crippen molar-refractivity contribution in [3.63, 3.8) is 0 Å². The number of benzene rings is 2. The molecular formula is C38H48N6O4S. The highest BCUT2D eigenvalue weighted by atomic mass is 32.1. The van der Waals surface area contributed by atoms with Crippen LogP contribution in [0.3, 0.4) is 0 Å². The van der Waals surface area contributed by atoms with Gasteiger partial charge in [-0.05, 0) is 24.3 Å². The molecule has 2 aliphatic heterocycles. The lowest BCUT2D eigenvalue weighted by molar-refractivity contribution is -0.124. The standard InChI is InChI=1S/C30H26N6O4S.C4H10.2C2H6/c1-30(2,28(38)33-29-35-34-24(17-31)41-29)25-20-5-3-4-6-23(20)40-26-21(25)11-12-22(32-26)18-7-9-19(10-8-18)27(37)36-13-15-39-16-14-36;1-3-4-2;2*1-2/h3-12,25H,13-16H2,1-2H3,(H,33,35,38);3-4H2,1-2H3;2*1-2H3. The first-order valence-corrected chi connectivity index (χ1v) is 17.9. The molecule has 0 aliphatic carbocycles. The van der Waals surface area contributed by atoms with Gasteiger partial charge in [-0.15, -0.1) is 10.2 Å². The van der Waals surface area contributed by atoms with Gasteiger partial charge in [0.25, 0.3) is 5.91 Å². The van der Waals surface area contributed by atoms with E-state index in [0.29, 0.717) is 49.2 Å². The number of carbonyl (C=O) groups is 2. The van der Waals surface area contributed by atoms with Crippen LogP contribution in [0.4, 0.5) is 5.13 Å². The molecule has 11 heteroatoms. The van der Waals surface area contributed by atoms with Gasteiger partial charge in [0.15, 0.2) is 0 Å². The number of anilines is 1. The molecule has 2 aromatic heterocycles. The number of morpholine rings is 1. The predicted octanol–water partition coefficient (Wildman–Crippen LogP) is 8.71. The fraction of sp³-hybridized carbons (Fsp3) is 0.421. The van der Waals surface area contributed by atoms with E-state index in [1.54, 1.807) is 4.90 Å². The van der Waals surface area contributed by atoms with Gasteiger partial charge in [0.1, 0.15) is 11.8 Å². The van der Waals surface area contributed by atoms with Crippen LogP contribution in [-0.2, 0) is 9.53 Å². The molecule has 1 fully saturated rings. The Hall–Kier alpha value is -4.66. The third kappa shape index (κ3) is 9.28. The molecule has 4 heterocycles. The van der Waals surface area contributed by atoms with Gasteiger partial charge < -0.3 is 19.7 Å². The number of carbonyl (C=O) groups excluding carboxylic acids is 2. The van der Waals surface area contributed by atoms with Crippen molar-refractivity contribution in [3.05, 3.63) is 82.4 Å². The number of hydrogen-bond acceptors (Lipinski definition) is 9. The zero-order valence-corrected chi connectivity index (χ0v) is 30.7. The van der Waals surface area contributed by atoms with Gasteiger partial charge in [-0.25, -0.2) is 4.98 Å². The van der Waals surface area contributed by atoms with Crippen LogP contribution in [0, 0.1) is 16.7 Å². The van der Waals surface area contributed by atoms with Crippen LogP contribution in [0.5, 0.6) is 11.6 Å². The van der Waals surface area contributed by atoms with Crippen molar-refractivity contribution < 1.29 is 19.1 Å². The number of amides is 2. The molecule has 4 aromatic rings. The Balaban J connectivity index is 0.000000747. The molecule has 0 bridgehead atoms. The number of nitriles is 1. The predicted molar refractivity (Wildman–Crippen MR) is 195 cm³/mol. The molecule has 6 rings (SSSR count). The summed E-state index contributed by atoms with van der Waals surface area (Å²) in [4.78, 5) is 33.1. The molecule has 260 valence electrons. The van der Waals surface area contributed by atoms with Crippen LogP contribution >= 0.6 is 11.3 Å². The normalized spacial score (nSPS) is 14.3. The average molecular weight is 685 g/mol. The fourth-order valence-corrected chi connectivity index (χ4v) is 5.75. The van der Waals surface area contributed by atoms with E-state index in [2.05, 4.69) is 29.4 Å². The van der Waals surface area contributed by atoms with Crippen molar-refractivity contribution in [2.45, 2.75) is 74.1 Å². The lowest BCUT2D eigenvalue weighted by Gasteiger charge is -2.37. The number of aromatic nitrogens is 3. The second-order valence-corrected chi connectivity index (χ2v) is 12.3. The highest BCUT2D eigenvalue weighted by Crippen LogP contribution is 2.52. The number of para-hydroxylation sites is 1. The van der Waals surface area contributed by atoms with Gasteiger partial charge in [0.2, 0.25) is 21.9 Å². The van der Waals surface area contributed by atoms with Crippen LogP contribution in [0.25, 0.3) is 11.3 Å². The summed E-state index contributed by atoms with van der Waals surface area (Å²) in [6.45, 7) is 18.4. The first kappa shape index (κ1) is 38.8. The van der Waals surface area contributed by atoms with Gasteiger partial charge in [0.05, 0.1) is 24.3 Å². The second kappa shape index (κ2) is 18.8. The zero-order valence-electron chi connectivity index (χ0n) is 29.9. The van der Waals surface area contributed by atoms with Crippen LogP contribution in [-0.4, -0.2) is 58.2 Å². The Morgan fingerprint density at radius 2 is 1.59 bits per heavy atom. The average Bonchev–Trinajstić information content (AvgIpc) is 3.62. The number of nitrogens with one attached hydrogen (secondary N) is 1. The summed E-state index contributed by atoms with van der Waals surface area (Å²) in [6, 6.07) is 20.8. The number of rotatable bonds is 6. The van der Waals surface area contributed by atoms with Gasteiger partial charge >= 0.3 is 0 Å². The molecule has 1 atom stereocenters. The number of nitrogens with zero attached hydrogens (tertiary/aromatic N) is 5. The van der Waals surface area contributed by atoms with Crippen LogP contribution in [0.2, 0.25) is 0 Å². The van der Waals surface area contributed by atoms with E-state index in [1.165, 1.54) is 12.8 Å². The van der Waals surface area contributed by atoms with Gasteiger partial charge in [-0.2, -0.15) is 5.26 Å². The minimum atomic E-state index is -0.947. The van der Waals surface area contributed by atoms with Gasteiger partial charge in [0, 0.05) is 41.3 Å². The third-order valence-corrected chi connectivity index (χ3v) is 8.65. The Labute approximate surface area is 294 Å². The number of ether oxygens (including phenoxy) is 2. The van der Waals surface area contributed by atoms with Crippen LogP contribution in [0.1, 0.15) is 101 Å². The van der Waals surface area contributed by atoms with E-state index in [0.717, 1.165) is 28.0 Å². The number of unbranched alkanes of at least 4 members (excludes halogenated alkanes) is 1. The molecule has 2 aliphatic rings. The summed E-state index contributed by atoms with van der Waals surface area (Å²) in [5, 5.41) is 20.0. The summed E-state index contributed by atoms with van der Waals surface area (Å²) >= 11 is 1.02. The smallest absolute Gasteiger partial charge is 0.254 e. The summed E-state index contributed by atoms with van der Waals surface area (Å²) in [5.41, 5.74) is 2.85. The van der Waals surface area contributed by atoms with Crippen LogP contribution in [0.15, 0.2) is 60.7 Å². The van der Waals surface area contributed by atoms with E-state index >= 15 is 0 Å². The Morgan fingerprint density at radius 1 is 0.939 bits per heavy atom. The monoisotopic (exact) mass is 684 g/mol. The molecule has 49 heavy (non-hydrogen) atoms. The van der Waals surface area contributed by atoms with E-state index in [4.69, 9.17) is 19.7 Å². The van der Waals surface area contributed by atoms with Crippen LogP contribution < -0.4 is 10.1 Å². The third-order valence-electron chi connectivity index (χ3n) is 7.91. The molecule has 0 saturated carbocycles. The van der Waals surface area contributed by atoms with E-state index in [-0.39, 0.29) is 27.9 Å². The summed E-state index contributed by atoms with van der Waals surface area (Å²) in [6.07, 6.45) is 2.64. The molecule has 0 spiro atoms. The Morgan fingerprint density at radius 3 is 2.20 bits per heavy atom. The van der Waals surface area contributed by atoms with Gasteiger partial charge in [-0.3, -0.25) is 9.59 Å². The van der Waals surface area contributed by atoms with Crippen molar-refractivity contribution in [3.8, 4) is 29.0 Å². The van der Waals surface area contributed by atoms with Crippen molar-refractivity contribution in [1.29, 1.82) is 5.26 Å². The number of pyridine rings is 1. The van der Waals surface area contributed by atoms with E-state index in [1.807, 2.05) is 108 Å². The molecule has 0 radical (unpaired) electrons. The summed E-state index contributed by atoms with van der Waals surface area (Å²) in [7, 11) is 0. The lowest BCUT2D eigenvalue weighted by atomic mass is 9.69. The lowest BCUT2D eigenvalue weighted by Crippen LogP contribution is -2.40. The first-order valence-electron chi connectivity index (χ1n) is 17.1. The van der Waals surface area contributed by atoms with Gasteiger partial charge in [-0.1, -0.05) is 116 Å². The largest absolute Gasteiger partial charge is 0.438 e. The SMILES string of the molecule is CC.CC.CC(C)(C(=O)Nc1nnc(C#N)s1)C1c2ccccc2Oc2nc(-c3ccc(C(=O)N4CCOCC4)cc3)ccc21.CCCC. The Bertz CT molecular complexity index is 1710. The maximum absolute atomic E-state index is 13.6. The maximum Gasteiger partial charge on any atom is 0.254 e. The van der Waals surface area contributed by atoms with Crippen molar-refractivity contribution in [2.75, 3.05) is 31.6 Å².